The summed E-state index contributed by atoms with van der Waals surface area (Å²) in [7, 11) is 0. The number of likely N-dealkylation sites (tertiary alicyclic amines) is 2. The molecule has 0 radical (unpaired) electrons. The fourth-order valence-electron chi connectivity index (χ4n) is 6.65. The average molecular weight is 405 g/mol. The molecule has 4 atom stereocenters. The van der Waals surface area contributed by atoms with Gasteiger partial charge in [-0.15, -0.1) is 0 Å². The second-order valence-corrected chi connectivity index (χ2v) is 9.76. The standard InChI is InChI=1S/C23H40N4O2/c1-18(28)27-17-19-7-5-14-26-15-6-8-20(23(19)26)21(27)9-4-10-22(29)24-11-16-25-12-2-3-13-25/h19-21,23H,2-17H2,1H3,(H,24,29)/t19-,20+,21+,23-/m0/s1. The van der Waals surface area contributed by atoms with Gasteiger partial charge in [-0.1, -0.05) is 0 Å². The van der Waals surface area contributed by atoms with E-state index < -0.39 is 0 Å². The van der Waals surface area contributed by atoms with Crippen molar-refractivity contribution in [3.8, 4) is 0 Å². The van der Waals surface area contributed by atoms with Gasteiger partial charge in [-0.3, -0.25) is 14.5 Å². The zero-order valence-corrected chi connectivity index (χ0v) is 18.3. The zero-order chi connectivity index (χ0) is 20.2. The van der Waals surface area contributed by atoms with Crippen LogP contribution < -0.4 is 5.32 Å². The summed E-state index contributed by atoms with van der Waals surface area (Å²) in [6, 6.07) is 0.999. The van der Waals surface area contributed by atoms with Crippen molar-refractivity contribution in [3.63, 3.8) is 0 Å². The van der Waals surface area contributed by atoms with Crippen LogP contribution in [-0.4, -0.2) is 84.4 Å². The number of hydrogen-bond donors (Lipinski definition) is 1. The maximum absolute atomic E-state index is 12.4. The first kappa shape index (κ1) is 21.1. The molecule has 0 aliphatic carbocycles. The highest BCUT2D eigenvalue weighted by Crippen LogP contribution is 2.43. The van der Waals surface area contributed by atoms with E-state index in [9.17, 15) is 9.59 Å². The van der Waals surface area contributed by atoms with Gasteiger partial charge in [-0.25, -0.2) is 0 Å². The van der Waals surface area contributed by atoms with Gasteiger partial charge in [0.15, 0.2) is 0 Å². The highest BCUT2D eigenvalue weighted by molar-refractivity contribution is 5.76. The summed E-state index contributed by atoms with van der Waals surface area (Å²) < 4.78 is 0. The lowest BCUT2D eigenvalue weighted by atomic mass is 9.69. The number of amides is 2. The zero-order valence-electron chi connectivity index (χ0n) is 18.3. The maximum atomic E-state index is 12.4. The monoisotopic (exact) mass is 404 g/mol. The van der Waals surface area contributed by atoms with Gasteiger partial charge in [-0.05, 0) is 89.4 Å². The molecule has 4 aliphatic rings. The van der Waals surface area contributed by atoms with Crippen molar-refractivity contribution in [2.45, 2.75) is 76.8 Å². The van der Waals surface area contributed by atoms with Crippen molar-refractivity contribution in [1.29, 1.82) is 0 Å². The predicted octanol–water partition coefficient (Wildman–Crippen LogP) is 2.09. The van der Waals surface area contributed by atoms with E-state index in [-0.39, 0.29) is 11.8 Å². The highest BCUT2D eigenvalue weighted by Gasteiger charge is 2.48. The fraction of sp³-hybridized carbons (Fsp3) is 0.913. The lowest BCUT2D eigenvalue weighted by molar-refractivity contribution is -0.144. The van der Waals surface area contributed by atoms with Crippen LogP contribution in [0.1, 0.15) is 64.7 Å². The molecule has 2 amide bonds. The molecule has 6 heteroatoms. The first-order valence-electron chi connectivity index (χ1n) is 12.1. The summed E-state index contributed by atoms with van der Waals surface area (Å²) in [5.74, 6) is 1.66. The molecule has 6 nitrogen and oxygen atoms in total. The molecule has 0 unspecified atom stereocenters. The molecule has 4 aliphatic heterocycles. The number of nitrogens with zero attached hydrogens (tertiary/aromatic N) is 3. The van der Waals surface area contributed by atoms with Crippen LogP contribution in [0, 0.1) is 11.8 Å². The molecule has 1 N–H and O–H groups in total. The Hall–Kier alpha value is -1.14. The van der Waals surface area contributed by atoms with E-state index in [1.807, 2.05) is 0 Å². The number of hydrogen-bond acceptors (Lipinski definition) is 4. The SMILES string of the molecule is CC(=O)N1C[C@@H]2CCCN3CCC[C@@H]([C@H]23)[C@H]1CCCC(=O)NCCN1CCCC1. The molecule has 4 saturated heterocycles. The Morgan fingerprint density at radius 3 is 2.52 bits per heavy atom. The first-order chi connectivity index (χ1) is 14.1. The largest absolute Gasteiger partial charge is 0.355 e. The fourth-order valence-corrected chi connectivity index (χ4v) is 6.65. The van der Waals surface area contributed by atoms with Crippen molar-refractivity contribution < 1.29 is 9.59 Å². The molecule has 0 aromatic heterocycles. The lowest BCUT2D eigenvalue weighted by Gasteiger charge is -2.57. The van der Waals surface area contributed by atoms with E-state index in [2.05, 4.69) is 20.0 Å². The molecular weight excluding hydrogens is 364 g/mol. The molecule has 0 saturated carbocycles. The number of nitrogens with one attached hydrogen (secondary N) is 1. The molecule has 29 heavy (non-hydrogen) atoms. The smallest absolute Gasteiger partial charge is 0.220 e. The van der Waals surface area contributed by atoms with Gasteiger partial charge in [0.1, 0.15) is 0 Å². The summed E-state index contributed by atoms with van der Waals surface area (Å²) in [5, 5.41) is 3.10. The van der Waals surface area contributed by atoms with Gasteiger partial charge in [0.25, 0.3) is 0 Å². The van der Waals surface area contributed by atoms with Crippen molar-refractivity contribution in [2.24, 2.45) is 11.8 Å². The highest BCUT2D eigenvalue weighted by atomic mass is 16.2. The Morgan fingerprint density at radius 2 is 1.76 bits per heavy atom. The lowest BCUT2D eigenvalue weighted by Crippen LogP contribution is -2.65. The number of carbonyl (C=O) groups is 2. The normalized spacial score (nSPS) is 32.8. The Morgan fingerprint density at radius 1 is 1.00 bits per heavy atom. The van der Waals surface area contributed by atoms with Crippen LogP contribution in [0.15, 0.2) is 0 Å². The van der Waals surface area contributed by atoms with Crippen molar-refractivity contribution >= 4 is 11.8 Å². The Kier molecular flexibility index (Phi) is 7.12. The van der Waals surface area contributed by atoms with Crippen LogP contribution in [-0.2, 0) is 9.59 Å². The minimum absolute atomic E-state index is 0.176. The van der Waals surface area contributed by atoms with E-state index in [4.69, 9.17) is 0 Å². The molecule has 0 aromatic rings. The summed E-state index contributed by atoms with van der Waals surface area (Å²) in [4.78, 5) is 32.1. The minimum atomic E-state index is 0.176. The summed E-state index contributed by atoms with van der Waals surface area (Å²) >= 11 is 0. The number of carbonyl (C=O) groups excluding carboxylic acids is 2. The molecule has 4 fully saturated rings. The number of piperidine rings is 3. The number of rotatable bonds is 7. The van der Waals surface area contributed by atoms with Crippen molar-refractivity contribution in [2.75, 3.05) is 45.8 Å². The van der Waals surface area contributed by atoms with Crippen molar-refractivity contribution in [3.05, 3.63) is 0 Å². The Balaban J connectivity index is 1.27. The first-order valence-corrected chi connectivity index (χ1v) is 12.1. The van der Waals surface area contributed by atoms with Crippen LogP contribution in [0.2, 0.25) is 0 Å². The molecule has 0 bridgehead atoms. The van der Waals surface area contributed by atoms with Crippen LogP contribution in [0.5, 0.6) is 0 Å². The predicted molar refractivity (Wildman–Crippen MR) is 115 cm³/mol. The van der Waals surface area contributed by atoms with Crippen molar-refractivity contribution in [1.82, 2.24) is 20.0 Å². The van der Waals surface area contributed by atoms with Crippen LogP contribution >= 0.6 is 0 Å². The summed E-state index contributed by atoms with van der Waals surface area (Å²) in [6.07, 6.45) is 10.1. The van der Waals surface area contributed by atoms with Gasteiger partial charge in [0, 0.05) is 45.1 Å². The van der Waals surface area contributed by atoms with Gasteiger partial charge in [0.2, 0.25) is 11.8 Å². The molecule has 0 spiro atoms. The van der Waals surface area contributed by atoms with E-state index >= 15 is 0 Å². The van der Waals surface area contributed by atoms with Gasteiger partial charge < -0.3 is 15.1 Å². The average Bonchev–Trinajstić information content (AvgIpc) is 3.23. The van der Waals surface area contributed by atoms with E-state index in [0.717, 1.165) is 32.5 Å². The van der Waals surface area contributed by atoms with Gasteiger partial charge >= 0.3 is 0 Å². The second kappa shape index (κ2) is 9.78. The Labute approximate surface area is 176 Å². The minimum Gasteiger partial charge on any atom is -0.355 e. The Bertz CT molecular complexity index is 575. The molecule has 0 aromatic carbocycles. The summed E-state index contributed by atoms with van der Waals surface area (Å²) in [5.41, 5.74) is 0. The third kappa shape index (κ3) is 4.96. The topological polar surface area (TPSA) is 55.9 Å². The van der Waals surface area contributed by atoms with Crippen LogP contribution in [0.3, 0.4) is 0 Å². The quantitative estimate of drug-likeness (QED) is 0.706. The van der Waals surface area contributed by atoms with Gasteiger partial charge in [-0.2, -0.15) is 0 Å². The second-order valence-electron chi connectivity index (χ2n) is 9.76. The maximum Gasteiger partial charge on any atom is 0.220 e. The molecule has 4 heterocycles. The van der Waals surface area contributed by atoms with Crippen LogP contribution in [0.4, 0.5) is 0 Å². The summed E-state index contributed by atoms with van der Waals surface area (Å²) in [6.45, 7) is 9.25. The molecule has 4 rings (SSSR count). The van der Waals surface area contributed by atoms with Gasteiger partial charge in [0.05, 0.1) is 0 Å². The van der Waals surface area contributed by atoms with Crippen LogP contribution in [0.25, 0.3) is 0 Å². The molecule has 164 valence electrons. The third-order valence-electron chi connectivity index (χ3n) is 7.93. The van der Waals surface area contributed by atoms with E-state index in [1.165, 1.54) is 64.7 Å². The third-order valence-corrected chi connectivity index (χ3v) is 7.93. The van der Waals surface area contributed by atoms with E-state index in [0.29, 0.717) is 30.3 Å². The molecular formula is C23H40N4O2. The van der Waals surface area contributed by atoms with E-state index in [1.54, 1.807) is 6.92 Å².